The molecule has 0 radical (unpaired) electrons. The number of hydrogen-bond acceptors (Lipinski definition) is 8. The zero-order chi connectivity index (χ0) is 30.3. The maximum Gasteiger partial charge on any atom is 0.238 e. The fraction of sp³-hybridized carbons (Fsp3) is 0.406. The minimum Gasteiger partial charge on any atom is -0.493 e. The summed E-state index contributed by atoms with van der Waals surface area (Å²) in [7, 11) is 3.21. The summed E-state index contributed by atoms with van der Waals surface area (Å²) in [4.78, 5) is 21.5. The molecule has 2 aliphatic heterocycles. The number of rotatable bonds is 12. The Morgan fingerprint density at radius 3 is 2.33 bits per heavy atom. The number of benzene rings is 2. The van der Waals surface area contributed by atoms with Gasteiger partial charge in [0.05, 0.1) is 32.4 Å². The summed E-state index contributed by atoms with van der Waals surface area (Å²) in [5, 5.41) is 12.6. The van der Waals surface area contributed by atoms with Crippen LogP contribution in [0.25, 0.3) is 0 Å². The number of carbonyl (C=O) groups excluding carboxylic acids is 1. The molecular weight excluding hydrogens is 589 g/mol. The van der Waals surface area contributed by atoms with Gasteiger partial charge in [-0.25, -0.2) is 4.98 Å². The second kappa shape index (κ2) is 14.3. The topological polar surface area (TPSA) is 100.0 Å². The van der Waals surface area contributed by atoms with E-state index in [9.17, 15) is 10.1 Å². The smallest absolute Gasteiger partial charge is 0.238 e. The molecule has 43 heavy (non-hydrogen) atoms. The molecule has 3 heterocycles. The average molecular weight is 625 g/mol. The Bertz CT molecular complexity index is 1430. The van der Waals surface area contributed by atoms with Crippen LogP contribution in [0.2, 0.25) is 10.3 Å². The third kappa shape index (κ3) is 7.89. The van der Waals surface area contributed by atoms with Crippen molar-refractivity contribution in [1.82, 2.24) is 14.8 Å². The number of amides is 1. The highest BCUT2D eigenvalue weighted by Gasteiger charge is 2.39. The summed E-state index contributed by atoms with van der Waals surface area (Å²) in [5.41, 5.74) is 2.18. The monoisotopic (exact) mass is 623 g/mol. The van der Waals surface area contributed by atoms with Crippen molar-refractivity contribution in [3.63, 3.8) is 0 Å². The summed E-state index contributed by atoms with van der Waals surface area (Å²) < 4.78 is 17.3. The minimum absolute atomic E-state index is 0.0937. The van der Waals surface area contributed by atoms with Gasteiger partial charge in [-0.15, -0.1) is 0 Å². The van der Waals surface area contributed by atoms with Crippen LogP contribution in [-0.2, 0) is 4.79 Å². The lowest BCUT2D eigenvalue weighted by atomic mass is 10.0. The van der Waals surface area contributed by atoms with Gasteiger partial charge in [-0.05, 0) is 74.2 Å². The van der Waals surface area contributed by atoms with Gasteiger partial charge in [0, 0.05) is 36.9 Å². The largest absolute Gasteiger partial charge is 0.493 e. The normalized spacial score (nSPS) is 19.0. The van der Waals surface area contributed by atoms with Crippen molar-refractivity contribution in [2.24, 2.45) is 0 Å². The van der Waals surface area contributed by atoms with Crippen molar-refractivity contribution in [1.29, 1.82) is 5.26 Å². The molecular formula is C32H35Cl2N5O4. The van der Waals surface area contributed by atoms with E-state index in [0.717, 1.165) is 50.9 Å². The summed E-state index contributed by atoms with van der Waals surface area (Å²) >= 11 is 11.9. The summed E-state index contributed by atoms with van der Waals surface area (Å²) in [6.07, 6.45) is 3.80. The molecule has 5 rings (SSSR count). The van der Waals surface area contributed by atoms with Crippen molar-refractivity contribution in [2.75, 3.05) is 45.7 Å². The van der Waals surface area contributed by atoms with Crippen molar-refractivity contribution in [2.45, 2.75) is 43.9 Å². The Kier molecular flexibility index (Phi) is 10.3. The lowest BCUT2D eigenvalue weighted by Gasteiger charge is -2.41. The van der Waals surface area contributed by atoms with Crippen molar-refractivity contribution in [3.8, 4) is 23.3 Å². The molecule has 3 atom stereocenters. The molecule has 226 valence electrons. The van der Waals surface area contributed by atoms with Crippen molar-refractivity contribution < 1.29 is 19.0 Å². The number of aromatic nitrogens is 1. The Morgan fingerprint density at radius 1 is 1.02 bits per heavy atom. The number of likely N-dealkylation sites (tertiary alicyclic amines) is 1. The average Bonchev–Trinajstić information content (AvgIpc) is 3.22. The predicted octanol–water partition coefficient (Wildman–Crippen LogP) is 5.96. The molecule has 3 unspecified atom stereocenters. The van der Waals surface area contributed by atoms with Gasteiger partial charge in [-0.2, -0.15) is 5.26 Å². The van der Waals surface area contributed by atoms with Gasteiger partial charge in [0.25, 0.3) is 0 Å². The van der Waals surface area contributed by atoms with E-state index in [2.05, 4.69) is 26.2 Å². The molecule has 11 heteroatoms. The third-order valence-corrected chi connectivity index (χ3v) is 8.44. The fourth-order valence-corrected chi connectivity index (χ4v) is 6.55. The Hall–Kier alpha value is -3.55. The molecule has 3 aromatic rings. The molecule has 2 bridgehead atoms. The van der Waals surface area contributed by atoms with E-state index in [1.807, 2.05) is 42.5 Å². The SMILES string of the molecule is COc1ccc(OC(CCCN2C3CCC2CN(CC(=O)Nc2cc(Cl)nc(Cl)c2)C3)c2ccc(C#N)cc2)cc1OC. The van der Waals surface area contributed by atoms with E-state index in [0.29, 0.717) is 47.1 Å². The number of nitrogens with one attached hydrogen (secondary N) is 1. The fourth-order valence-electron chi connectivity index (χ4n) is 6.09. The van der Waals surface area contributed by atoms with Crippen LogP contribution in [0.1, 0.15) is 42.9 Å². The first-order valence-electron chi connectivity index (χ1n) is 14.3. The molecule has 0 aliphatic carbocycles. The highest BCUT2D eigenvalue weighted by Crippen LogP contribution is 2.35. The number of ether oxygens (including phenoxy) is 3. The van der Waals surface area contributed by atoms with Crippen LogP contribution in [0.15, 0.2) is 54.6 Å². The van der Waals surface area contributed by atoms with Gasteiger partial charge < -0.3 is 19.5 Å². The number of nitrogens with zero attached hydrogens (tertiary/aromatic N) is 4. The first-order chi connectivity index (χ1) is 20.8. The summed E-state index contributed by atoms with van der Waals surface area (Å²) in [5.74, 6) is 1.84. The minimum atomic E-state index is -0.191. The van der Waals surface area contributed by atoms with Gasteiger partial charge in [-0.1, -0.05) is 35.3 Å². The zero-order valence-corrected chi connectivity index (χ0v) is 25.8. The standard InChI is InChI=1S/C32H35Cl2N5O4/c1-41-28-12-11-26(16-29(28)42-2)43-27(22-7-5-21(17-35)6-8-22)4-3-13-39-24-9-10-25(39)19-38(18-24)20-32(40)36-23-14-30(33)37-31(34)15-23/h5-8,11-12,14-16,24-25,27H,3-4,9-10,13,18-20H2,1-2H3,(H,36,37,40). The lowest BCUT2D eigenvalue weighted by Crippen LogP contribution is -2.55. The van der Waals surface area contributed by atoms with E-state index < -0.39 is 0 Å². The Labute approximate surface area is 262 Å². The Balaban J connectivity index is 1.18. The maximum absolute atomic E-state index is 12.7. The van der Waals surface area contributed by atoms with Crippen LogP contribution in [-0.4, -0.2) is 73.2 Å². The Morgan fingerprint density at radius 2 is 1.70 bits per heavy atom. The number of methoxy groups -OCH3 is 2. The maximum atomic E-state index is 12.7. The van der Waals surface area contributed by atoms with Gasteiger partial charge in [0.2, 0.25) is 5.91 Å². The summed E-state index contributed by atoms with van der Waals surface area (Å²) in [6.45, 7) is 2.97. The molecule has 2 aliphatic rings. The molecule has 0 spiro atoms. The van der Waals surface area contributed by atoms with Crippen LogP contribution in [0.5, 0.6) is 17.2 Å². The van der Waals surface area contributed by atoms with Gasteiger partial charge in [0.15, 0.2) is 11.5 Å². The third-order valence-electron chi connectivity index (χ3n) is 8.05. The molecule has 2 fully saturated rings. The number of halogens is 2. The molecule has 1 amide bonds. The number of piperazine rings is 1. The van der Waals surface area contributed by atoms with Gasteiger partial charge >= 0.3 is 0 Å². The van der Waals surface area contributed by atoms with Gasteiger partial charge in [0.1, 0.15) is 22.2 Å². The van der Waals surface area contributed by atoms with E-state index in [-0.39, 0.29) is 22.3 Å². The highest BCUT2D eigenvalue weighted by molar-refractivity contribution is 6.33. The number of nitriles is 1. The predicted molar refractivity (Wildman–Crippen MR) is 166 cm³/mol. The second-order valence-corrected chi connectivity index (χ2v) is 11.6. The van der Waals surface area contributed by atoms with Crippen LogP contribution in [0, 0.1) is 11.3 Å². The molecule has 1 aromatic heterocycles. The van der Waals surface area contributed by atoms with Gasteiger partial charge in [-0.3, -0.25) is 14.6 Å². The van der Waals surface area contributed by atoms with Crippen LogP contribution >= 0.6 is 23.2 Å². The van der Waals surface area contributed by atoms with Crippen LogP contribution in [0.4, 0.5) is 5.69 Å². The number of hydrogen-bond donors (Lipinski definition) is 1. The zero-order valence-electron chi connectivity index (χ0n) is 24.3. The van der Waals surface area contributed by atoms with Crippen LogP contribution in [0.3, 0.4) is 0 Å². The van der Waals surface area contributed by atoms with Crippen LogP contribution < -0.4 is 19.5 Å². The summed E-state index contributed by atoms with van der Waals surface area (Å²) in [6, 6.07) is 19.3. The van der Waals surface area contributed by atoms with Crippen molar-refractivity contribution in [3.05, 3.63) is 76.0 Å². The van der Waals surface area contributed by atoms with E-state index in [1.54, 1.807) is 26.4 Å². The van der Waals surface area contributed by atoms with Crippen molar-refractivity contribution >= 4 is 34.8 Å². The first kappa shape index (κ1) is 30.9. The number of anilines is 1. The van der Waals surface area contributed by atoms with E-state index >= 15 is 0 Å². The molecule has 1 N–H and O–H groups in total. The lowest BCUT2D eigenvalue weighted by molar-refractivity contribution is -0.118. The first-order valence-corrected chi connectivity index (χ1v) is 15.1. The highest BCUT2D eigenvalue weighted by atomic mass is 35.5. The number of pyridine rings is 1. The quantitative estimate of drug-likeness (QED) is 0.247. The van der Waals surface area contributed by atoms with E-state index in [4.69, 9.17) is 37.4 Å². The molecule has 0 saturated carbocycles. The molecule has 2 aromatic carbocycles. The number of carbonyl (C=O) groups is 1. The molecule has 9 nitrogen and oxygen atoms in total. The second-order valence-electron chi connectivity index (χ2n) is 10.9. The van der Waals surface area contributed by atoms with E-state index in [1.165, 1.54) is 0 Å². The number of fused-ring (bicyclic) bond motifs is 2. The molecule has 2 saturated heterocycles.